The third-order valence-electron chi connectivity index (χ3n) is 5.75. The van der Waals surface area contributed by atoms with Crippen molar-refractivity contribution in [1.82, 2.24) is 0 Å². The monoisotopic (exact) mass is 398 g/mol. The molecule has 0 aliphatic heterocycles. The van der Waals surface area contributed by atoms with E-state index in [1.807, 2.05) is 0 Å². The molecule has 0 saturated heterocycles. The second-order valence-electron chi connectivity index (χ2n) is 7.24. The number of rotatable bonds is 3. The van der Waals surface area contributed by atoms with Gasteiger partial charge in [0.15, 0.2) is 11.6 Å². The van der Waals surface area contributed by atoms with E-state index in [1.165, 1.54) is 25.3 Å². The summed E-state index contributed by atoms with van der Waals surface area (Å²) in [5.41, 5.74) is -2.38. The highest BCUT2D eigenvalue weighted by molar-refractivity contribution is 6.31. The van der Waals surface area contributed by atoms with Crippen molar-refractivity contribution in [3.8, 4) is 17.2 Å². The number of phenolic OH excluding ortho intramolecular Hbond substituents is 2. The SMILES string of the molecule is COc1cccc2c1C(=O)c1c(O)c3c(c(O)c1C2=O)CC(O)(C(=O)CO)CC3. The van der Waals surface area contributed by atoms with Crippen molar-refractivity contribution in [1.29, 1.82) is 0 Å². The first-order chi connectivity index (χ1) is 13.7. The normalized spacial score (nSPS) is 20.0. The second kappa shape index (κ2) is 6.40. The lowest BCUT2D eigenvalue weighted by molar-refractivity contribution is -0.141. The summed E-state index contributed by atoms with van der Waals surface area (Å²) >= 11 is 0. The van der Waals surface area contributed by atoms with E-state index in [0.717, 1.165) is 0 Å². The van der Waals surface area contributed by atoms with Crippen LogP contribution < -0.4 is 4.74 Å². The number of ketones is 3. The molecule has 2 aromatic carbocycles. The Morgan fingerprint density at radius 1 is 1.07 bits per heavy atom. The van der Waals surface area contributed by atoms with Crippen LogP contribution in [0.15, 0.2) is 18.2 Å². The first-order valence-electron chi connectivity index (χ1n) is 8.97. The van der Waals surface area contributed by atoms with Crippen molar-refractivity contribution in [3.63, 3.8) is 0 Å². The van der Waals surface area contributed by atoms with Crippen molar-refractivity contribution in [2.24, 2.45) is 0 Å². The number of benzene rings is 2. The molecule has 29 heavy (non-hydrogen) atoms. The molecular formula is C21H18O8. The quantitative estimate of drug-likeness (QED) is 0.472. The zero-order valence-electron chi connectivity index (χ0n) is 15.5. The maximum Gasteiger partial charge on any atom is 0.202 e. The Bertz CT molecular complexity index is 1100. The van der Waals surface area contributed by atoms with Crippen molar-refractivity contribution >= 4 is 17.3 Å². The fourth-order valence-corrected chi connectivity index (χ4v) is 4.21. The molecule has 0 amide bonds. The maximum atomic E-state index is 13.1. The van der Waals surface area contributed by atoms with Crippen molar-refractivity contribution in [2.45, 2.75) is 24.9 Å². The molecule has 0 saturated carbocycles. The summed E-state index contributed by atoms with van der Waals surface area (Å²) in [5.74, 6) is -2.99. The number of methoxy groups -OCH3 is 1. The Balaban J connectivity index is 1.97. The molecule has 0 spiro atoms. The molecule has 4 N–H and O–H groups in total. The first kappa shape index (κ1) is 19.1. The third-order valence-corrected chi connectivity index (χ3v) is 5.75. The van der Waals surface area contributed by atoms with Crippen molar-refractivity contribution in [2.75, 3.05) is 13.7 Å². The predicted molar refractivity (Wildman–Crippen MR) is 98.7 cm³/mol. The number of carbonyl (C=O) groups excluding carboxylic acids is 3. The fourth-order valence-electron chi connectivity index (χ4n) is 4.21. The number of carbonyl (C=O) groups is 3. The van der Waals surface area contributed by atoms with E-state index in [1.54, 1.807) is 0 Å². The smallest absolute Gasteiger partial charge is 0.202 e. The molecule has 8 heteroatoms. The molecule has 1 atom stereocenters. The fraction of sp³-hybridized carbons (Fsp3) is 0.286. The van der Waals surface area contributed by atoms with Crippen LogP contribution in [0.4, 0.5) is 0 Å². The van der Waals surface area contributed by atoms with Gasteiger partial charge in [-0.05, 0) is 18.9 Å². The minimum atomic E-state index is -1.93. The number of ether oxygens (including phenoxy) is 1. The van der Waals surface area contributed by atoms with Gasteiger partial charge in [-0.2, -0.15) is 0 Å². The summed E-state index contributed by atoms with van der Waals surface area (Å²) in [4.78, 5) is 38.2. The first-order valence-corrected chi connectivity index (χ1v) is 8.97. The van der Waals surface area contributed by atoms with Gasteiger partial charge < -0.3 is 25.2 Å². The van der Waals surface area contributed by atoms with E-state index in [9.17, 15) is 29.7 Å². The Morgan fingerprint density at radius 3 is 2.38 bits per heavy atom. The molecule has 0 heterocycles. The molecule has 2 aromatic rings. The van der Waals surface area contributed by atoms with Crippen LogP contribution in [-0.2, 0) is 17.6 Å². The average molecular weight is 398 g/mol. The summed E-state index contributed by atoms with van der Waals surface area (Å²) in [5, 5.41) is 41.3. The molecule has 0 radical (unpaired) electrons. The number of hydrogen-bond donors (Lipinski definition) is 4. The molecule has 150 valence electrons. The Labute approximate surface area is 165 Å². The molecule has 0 fully saturated rings. The van der Waals surface area contributed by atoms with Gasteiger partial charge in [0.2, 0.25) is 5.78 Å². The molecule has 2 aliphatic rings. The van der Waals surface area contributed by atoms with Gasteiger partial charge in [0.25, 0.3) is 0 Å². The summed E-state index contributed by atoms with van der Waals surface area (Å²) in [6, 6.07) is 4.47. The molecule has 0 aromatic heterocycles. The number of aliphatic hydroxyl groups excluding tert-OH is 1. The topological polar surface area (TPSA) is 141 Å². The van der Waals surface area contributed by atoms with E-state index in [0.29, 0.717) is 0 Å². The molecular weight excluding hydrogens is 380 g/mol. The third kappa shape index (κ3) is 2.49. The number of aromatic hydroxyl groups is 2. The second-order valence-corrected chi connectivity index (χ2v) is 7.24. The van der Waals surface area contributed by atoms with E-state index >= 15 is 0 Å². The number of fused-ring (bicyclic) bond motifs is 3. The zero-order chi connectivity index (χ0) is 21.1. The van der Waals surface area contributed by atoms with E-state index in [-0.39, 0.29) is 58.4 Å². The number of phenols is 2. The molecule has 4 rings (SSSR count). The van der Waals surface area contributed by atoms with E-state index in [2.05, 4.69) is 0 Å². The lowest BCUT2D eigenvalue weighted by Gasteiger charge is -2.34. The van der Waals surface area contributed by atoms with Gasteiger partial charge in [-0.3, -0.25) is 14.4 Å². The summed E-state index contributed by atoms with van der Waals surface area (Å²) in [6.07, 6.45) is -0.515. The standard InChI is InChI=1S/C21H18O8/c1-29-12-4-2-3-10-14(12)20(27)16-15(18(10)25)19(26)11-7-21(28,13(23)8-22)6-5-9(11)17(16)24/h2-4,22,24,26,28H,5-8H2,1H3. The van der Waals surface area contributed by atoms with Gasteiger partial charge in [-0.1, -0.05) is 12.1 Å². The number of hydrogen-bond acceptors (Lipinski definition) is 8. The minimum Gasteiger partial charge on any atom is -0.507 e. The van der Waals surface area contributed by atoms with Crippen LogP contribution in [0, 0.1) is 0 Å². The zero-order valence-corrected chi connectivity index (χ0v) is 15.5. The van der Waals surface area contributed by atoms with Gasteiger partial charge >= 0.3 is 0 Å². The highest BCUT2D eigenvalue weighted by atomic mass is 16.5. The van der Waals surface area contributed by atoms with Crippen molar-refractivity contribution < 1.29 is 39.5 Å². The number of aliphatic hydroxyl groups is 2. The van der Waals surface area contributed by atoms with Crippen LogP contribution in [-0.4, -0.2) is 57.1 Å². The van der Waals surface area contributed by atoms with Crippen LogP contribution in [0.5, 0.6) is 17.2 Å². The average Bonchev–Trinajstić information content (AvgIpc) is 2.73. The Hall–Kier alpha value is -3.23. The van der Waals surface area contributed by atoms with E-state index in [4.69, 9.17) is 9.84 Å². The van der Waals surface area contributed by atoms with Crippen LogP contribution in [0.3, 0.4) is 0 Å². The van der Waals surface area contributed by atoms with Gasteiger partial charge in [-0.15, -0.1) is 0 Å². The highest BCUT2D eigenvalue weighted by Crippen LogP contribution is 2.48. The Kier molecular flexibility index (Phi) is 4.21. The van der Waals surface area contributed by atoms with E-state index < -0.39 is 41.1 Å². The molecule has 2 aliphatic carbocycles. The van der Waals surface area contributed by atoms with Crippen LogP contribution in [0.1, 0.15) is 49.4 Å². The number of Topliss-reactive ketones (excluding diaryl/α,β-unsaturated/α-hetero) is 1. The van der Waals surface area contributed by atoms with Gasteiger partial charge in [-0.25, -0.2) is 0 Å². The lowest BCUT2D eigenvalue weighted by Crippen LogP contribution is -2.45. The van der Waals surface area contributed by atoms with Crippen LogP contribution in [0.25, 0.3) is 0 Å². The molecule has 8 nitrogen and oxygen atoms in total. The van der Waals surface area contributed by atoms with Gasteiger partial charge in [0.1, 0.15) is 29.5 Å². The van der Waals surface area contributed by atoms with Crippen molar-refractivity contribution in [3.05, 3.63) is 51.6 Å². The Morgan fingerprint density at radius 2 is 1.72 bits per heavy atom. The largest absolute Gasteiger partial charge is 0.507 e. The highest BCUT2D eigenvalue weighted by Gasteiger charge is 2.45. The minimum absolute atomic E-state index is 0.00456. The predicted octanol–water partition coefficient (Wildman–Crippen LogP) is 0.663. The van der Waals surface area contributed by atoms with Crippen LogP contribution >= 0.6 is 0 Å². The summed E-state index contributed by atoms with van der Waals surface area (Å²) in [6.45, 7) is -0.881. The van der Waals surface area contributed by atoms with Gasteiger partial charge in [0, 0.05) is 23.1 Å². The molecule has 0 bridgehead atoms. The molecule has 1 unspecified atom stereocenters. The maximum absolute atomic E-state index is 13.1. The van der Waals surface area contributed by atoms with Crippen LogP contribution in [0.2, 0.25) is 0 Å². The lowest BCUT2D eigenvalue weighted by atomic mass is 9.73. The van der Waals surface area contributed by atoms with Gasteiger partial charge in [0.05, 0.1) is 23.8 Å². The summed E-state index contributed by atoms with van der Waals surface area (Å²) in [7, 11) is 1.35. The summed E-state index contributed by atoms with van der Waals surface area (Å²) < 4.78 is 5.18.